The number of amides is 4. The fourth-order valence-electron chi connectivity index (χ4n) is 4.11. The third-order valence-corrected chi connectivity index (χ3v) is 6.18. The Bertz CT molecular complexity index is 1360. The highest BCUT2D eigenvalue weighted by Crippen LogP contribution is 2.29. The summed E-state index contributed by atoms with van der Waals surface area (Å²) in [6, 6.07) is 6.94. The second kappa shape index (κ2) is 12.0. The number of carbonyl (C=O) groups excluding carboxylic acids is 3. The number of benzene rings is 2. The normalized spacial score (nSPS) is 16.7. The van der Waals surface area contributed by atoms with Crippen LogP contribution in [0.5, 0.6) is 0 Å². The number of carbonyl (C=O) groups is 3. The number of anilines is 2. The van der Waals surface area contributed by atoms with Gasteiger partial charge in [-0.05, 0) is 36.8 Å². The van der Waals surface area contributed by atoms with Crippen molar-refractivity contribution in [2.45, 2.75) is 18.5 Å². The van der Waals surface area contributed by atoms with E-state index in [1.165, 1.54) is 40.3 Å². The highest BCUT2D eigenvalue weighted by molar-refractivity contribution is 6.04. The lowest BCUT2D eigenvalue weighted by Gasteiger charge is -2.25. The zero-order valence-electron chi connectivity index (χ0n) is 21.2. The van der Waals surface area contributed by atoms with Gasteiger partial charge < -0.3 is 25.2 Å². The van der Waals surface area contributed by atoms with Crippen LogP contribution in [0.1, 0.15) is 22.8 Å². The molecule has 206 valence electrons. The number of aromatic nitrogens is 2. The molecule has 2 atom stereocenters. The first kappa shape index (κ1) is 27.6. The summed E-state index contributed by atoms with van der Waals surface area (Å²) >= 11 is 0. The van der Waals surface area contributed by atoms with Gasteiger partial charge in [0, 0.05) is 44.2 Å². The molecule has 39 heavy (non-hydrogen) atoms. The lowest BCUT2D eigenvalue weighted by molar-refractivity contribution is -0.133. The van der Waals surface area contributed by atoms with E-state index in [0.717, 1.165) is 18.2 Å². The molecule has 0 bridgehead atoms. The van der Waals surface area contributed by atoms with Gasteiger partial charge in [0.05, 0.1) is 30.6 Å². The summed E-state index contributed by atoms with van der Waals surface area (Å²) in [4.78, 5) is 40.3. The molecule has 4 rings (SSSR count). The first-order valence-electron chi connectivity index (χ1n) is 12.0. The monoisotopic (exact) mass is 544 g/mol. The van der Waals surface area contributed by atoms with Gasteiger partial charge in [0.1, 0.15) is 12.4 Å². The van der Waals surface area contributed by atoms with E-state index in [-0.39, 0.29) is 43.0 Å². The predicted molar refractivity (Wildman–Crippen MR) is 136 cm³/mol. The number of urea groups is 1. The van der Waals surface area contributed by atoms with Crippen LogP contribution in [0.2, 0.25) is 0 Å². The summed E-state index contributed by atoms with van der Waals surface area (Å²) in [7, 11) is 3.20. The molecule has 1 fully saturated rings. The van der Waals surface area contributed by atoms with Gasteiger partial charge in [-0.2, -0.15) is 5.10 Å². The number of likely N-dealkylation sites (N-methyl/N-ethyl adjacent to an activating group) is 1. The van der Waals surface area contributed by atoms with Crippen molar-refractivity contribution in [2.75, 3.05) is 44.5 Å². The average Bonchev–Trinajstić information content (AvgIpc) is 3.53. The summed E-state index contributed by atoms with van der Waals surface area (Å²) in [5, 5.41) is 9.52. The molecule has 0 aliphatic carbocycles. The SMILES string of the molecule is CN(C)C(=O)COC[C@@H]1C[C@H](n2cc(NC(=O)c3cccc(F)c3)cn2)CN1C(=O)Nc1ccc(F)c(F)c1. The second-order valence-corrected chi connectivity index (χ2v) is 9.23. The first-order valence-corrected chi connectivity index (χ1v) is 12.0. The van der Waals surface area contributed by atoms with Crippen LogP contribution in [0.25, 0.3) is 0 Å². The number of nitrogens with one attached hydrogen (secondary N) is 2. The Morgan fingerprint density at radius 1 is 1.05 bits per heavy atom. The van der Waals surface area contributed by atoms with E-state index in [4.69, 9.17) is 4.74 Å². The van der Waals surface area contributed by atoms with Crippen LogP contribution < -0.4 is 10.6 Å². The molecular formula is C26H27F3N6O4. The third kappa shape index (κ3) is 6.93. The van der Waals surface area contributed by atoms with Crippen molar-refractivity contribution < 1.29 is 32.3 Å². The first-order chi connectivity index (χ1) is 18.6. The molecule has 0 saturated carbocycles. The Morgan fingerprint density at radius 3 is 2.56 bits per heavy atom. The fraction of sp³-hybridized carbons (Fsp3) is 0.308. The summed E-state index contributed by atoms with van der Waals surface area (Å²) < 4.78 is 47.6. The Labute approximate surface area is 222 Å². The van der Waals surface area contributed by atoms with Gasteiger partial charge in [-0.1, -0.05) is 6.07 Å². The van der Waals surface area contributed by atoms with E-state index >= 15 is 0 Å². The molecule has 1 aromatic heterocycles. The lowest BCUT2D eigenvalue weighted by atomic mass is 10.2. The van der Waals surface area contributed by atoms with E-state index < -0.39 is 35.4 Å². The van der Waals surface area contributed by atoms with E-state index in [1.54, 1.807) is 25.0 Å². The van der Waals surface area contributed by atoms with E-state index in [1.807, 2.05) is 0 Å². The Kier molecular flexibility index (Phi) is 8.49. The van der Waals surface area contributed by atoms with Crippen LogP contribution >= 0.6 is 0 Å². The second-order valence-electron chi connectivity index (χ2n) is 9.23. The number of halogens is 3. The van der Waals surface area contributed by atoms with Crippen molar-refractivity contribution in [1.82, 2.24) is 19.6 Å². The predicted octanol–water partition coefficient (Wildman–Crippen LogP) is 3.51. The number of rotatable bonds is 8. The number of hydrogen-bond donors (Lipinski definition) is 2. The van der Waals surface area contributed by atoms with Crippen molar-refractivity contribution in [3.63, 3.8) is 0 Å². The summed E-state index contributed by atoms with van der Waals surface area (Å²) in [6.07, 6.45) is 3.43. The fourth-order valence-corrected chi connectivity index (χ4v) is 4.11. The smallest absolute Gasteiger partial charge is 0.322 e. The van der Waals surface area contributed by atoms with Crippen molar-refractivity contribution >= 4 is 29.2 Å². The maximum Gasteiger partial charge on any atom is 0.322 e. The van der Waals surface area contributed by atoms with Gasteiger partial charge in [-0.15, -0.1) is 0 Å². The summed E-state index contributed by atoms with van der Waals surface area (Å²) in [5.41, 5.74) is 0.595. The van der Waals surface area contributed by atoms with Gasteiger partial charge in [0.25, 0.3) is 5.91 Å². The Balaban J connectivity index is 1.45. The molecule has 2 aromatic carbocycles. The van der Waals surface area contributed by atoms with Gasteiger partial charge in [-0.25, -0.2) is 18.0 Å². The Morgan fingerprint density at radius 2 is 1.85 bits per heavy atom. The van der Waals surface area contributed by atoms with Crippen LogP contribution in [0.4, 0.5) is 29.3 Å². The molecule has 13 heteroatoms. The van der Waals surface area contributed by atoms with Gasteiger partial charge in [-0.3, -0.25) is 14.3 Å². The zero-order valence-corrected chi connectivity index (χ0v) is 21.2. The molecule has 1 aliphatic heterocycles. The average molecular weight is 545 g/mol. The van der Waals surface area contributed by atoms with Crippen LogP contribution in [0, 0.1) is 17.5 Å². The van der Waals surface area contributed by atoms with Crippen molar-refractivity contribution in [3.05, 3.63) is 77.9 Å². The zero-order chi connectivity index (χ0) is 28.1. The largest absolute Gasteiger partial charge is 0.369 e. The summed E-state index contributed by atoms with van der Waals surface area (Å²) in [6.45, 7) is 0.0562. The van der Waals surface area contributed by atoms with E-state index in [0.29, 0.717) is 12.1 Å². The third-order valence-electron chi connectivity index (χ3n) is 6.18. The van der Waals surface area contributed by atoms with Crippen LogP contribution in [-0.2, 0) is 9.53 Å². The van der Waals surface area contributed by atoms with Gasteiger partial charge in [0.2, 0.25) is 5.91 Å². The molecule has 4 amide bonds. The maximum atomic E-state index is 13.6. The molecular weight excluding hydrogens is 517 g/mol. The molecule has 2 N–H and O–H groups in total. The summed E-state index contributed by atoms with van der Waals surface area (Å²) in [5.74, 6) is -3.42. The van der Waals surface area contributed by atoms with Crippen molar-refractivity contribution in [3.8, 4) is 0 Å². The molecule has 0 unspecified atom stereocenters. The molecule has 3 aromatic rings. The molecule has 10 nitrogen and oxygen atoms in total. The van der Waals surface area contributed by atoms with Crippen molar-refractivity contribution in [2.24, 2.45) is 0 Å². The number of nitrogens with zero attached hydrogens (tertiary/aromatic N) is 4. The molecule has 1 aliphatic rings. The minimum atomic E-state index is -1.10. The molecule has 0 spiro atoms. The standard InChI is InChI=1S/C26H27F3N6O4/c1-33(2)24(36)15-39-14-21-10-20(13-34(21)26(38)32-18-6-7-22(28)23(29)9-18)35-12-19(11-30-35)31-25(37)16-4-3-5-17(27)8-16/h3-9,11-12,20-21H,10,13-15H2,1-2H3,(H,31,37)(H,32,38)/t20-,21-/m0/s1. The number of hydrogen-bond acceptors (Lipinski definition) is 5. The minimum Gasteiger partial charge on any atom is -0.369 e. The Hall–Kier alpha value is -4.39. The van der Waals surface area contributed by atoms with Crippen LogP contribution in [0.15, 0.2) is 54.9 Å². The van der Waals surface area contributed by atoms with Gasteiger partial charge >= 0.3 is 6.03 Å². The van der Waals surface area contributed by atoms with E-state index in [9.17, 15) is 27.6 Å². The minimum absolute atomic E-state index is 0.0473. The molecule has 1 saturated heterocycles. The lowest BCUT2D eigenvalue weighted by Crippen LogP contribution is -2.41. The van der Waals surface area contributed by atoms with Crippen LogP contribution in [-0.4, -0.2) is 77.3 Å². The highest BCUT2D eigenvalue weighted by atomic mass is 19.2. The molecule has 2 heterocycles. The molecule has 0 radical (unpaired) electrons. The topological polar surface area (TPSA) is 109 Å². The van der Waals surface area contributed by atoms with Crippen LogP contribution in [0.3, 0.4) is 0 Å². The highest BCUT2D eigenvalue weighted by Gasteiger charge is 2.37. The maximum absolute atomic E-state index is 13.6. The number of ether oxygens (including phenoxy) is 1. The van der Waals surface area contributed by atoms with Gasteiger partial charge in [0.15, 0.2) is 11.6 Å². The van der Waals surface area contributed by atoms with Crippen molar-refractivity contribution in [1.29, 1.82) is 0 Å². The number of likely N-dealkylation sites (tertiary alicyclic amines) is 1. The van der Waals surface area contributed by atoms with E-state index in [2.05, 4.69) is 15.7 Å². The quantitative estimate of drug-likeness (QED) is 0.451.